The number of nitriles is 1. The monoisotopic (exact) mass is 459 g/mol. The fourth-order valence-electron chi connectivity index (χ4n) is 3.32. The predicted molar refractivity (Wildman–Crippen MR) is 126 cm³/mol. The van der Waals surface area contributed by atoms with Crippen LogP contribution in [0.3, 0.4) is 0 Å². The van der Waals surface area contributed by atoms with Gasteiger partial charge in [0.1, 0.15) is 24.2 Å². The van der Waals surface area contributed by atoms with E-state index in [0.29, 0.717) is 29.6 Å². The SMILES string of the molecule is COc1ccc(CNc2oc(-c3ccc(COc4ccc(C)c(C)c4)o3)nc2C#N)cc1OC. The molecule has 2 heterocycles. The van der Waals surface area contributed by atoms with Crippen molar-refractivity contribution in [3.05, 3.63) is 76.7 Å². The first-order valence-corrected chi connectivity index (χ1v) is 10.7. The average molecular weight is 460 g/mol. The zero-order valence-electron chi connectivity index (χ0n) is 19.5. The van der Waals surface area contributed by atoms with Gasteiger partial charge in [-0.1, -0.05) is 12.1 Å². The lowest BCUT2D eigenvalue weighted by Crippen LogP contribution is -2.01. The van der Waals surface area contributed by atoms with E-state index in [9.17, 15) is 5.26 Å². The molecule has 0 amide bonds. The Kier molecular flexibility index (Phi) is 6.74. The molecule has 0 aliphatic carbocycles. The molecule has 0 unspecified atom stereocenters. The third-order valence-electron chi connectivity index (χ3n) is 5.37. The molecule has 0 fully saturated rings. The lowest BCUT2D eigenvalue weighted by atomic mass is 10.1. The third kappa shape index (κ3) is 4.99. The molecular formula is C26H25N3O5. The minimum atomic E-state index is 0.139. The van der Waals surface area contributed by atoms with Crippen molar-refractivity contribution in [3.63, 3.8) is 0 Å². The molecule has 2 aromatic carbocycles. The largest absolute Gasteiger partial charge is 0.493 e. The van der Waals surface area contributed by atoms with Crippen LogP contribution in [0.4, 0.5) is 5.88 Å². The maximum atomic E-state index is 9.48. The van der Waals surface area contributed by atoms with Gasteiger partial charge in [-0.25, -0.2) is 0 Å². The van der Waals surface area contributed by atoms with Gasteiger partial charge in [0, 0.05) is 6.54 Å². The Balaban J connectivity index is 1.44. The summed E-state index contributed by atoms with van der Waals surface area (Å²) in [6, 6.07) is 17.1. The molecule has 2 aromatic heterocycles. The molecule has 0 saturated heterocycles. The van der Waals surface area contributed by atoms with Crippen LogP contribution < -0.4 is 19.5 Å². The van der Waals surface area contributed by atoms with Gasteiger partial charge in [0.15, 0.2) is 17.3 Å². The number of benzene rings is 2. The molecule has 0 atom stereocenters. The smallest absolute Gasteiger partial charge is 0.266 e. The second-order valence-electron chi connectivity index (χ2n) is 7.65. The maximum Gasteiger partial charge on any atom is 0.266 e. The van der Waals surface area contributed by atoms with Crippen LogP contribution in [0, 0.1) is 25.2 Å². The standard InChI is InChI=1S/C26H25N3O5/c1-16-5-7-19(11-17(16)2)32-15-20-8-10-23(33-20)26-29-21(13-27)25(34-26)28-14-18-6-9-22(30-3)24(12-18)31-4/h5-12,28H,14-15H2,1-4H3. The Labute approximate surface area is 197 Å². The van der Waals surface area contributed by atoms with Gasteiger partial charge >= 0.3 is 0 Å². The number of rotatable bonds is 9. The van der Waals surface area contributed by atoms with Gasteiger partial charge in [0.2, 0.25) is 11.6 Å². The molecule has 4 rings (SSSR count). The molecular weight excluding hydrogens is 434 g/mol. The summed E-state index contributed by atoms with van der Waals surface area (Å²) >= 11 is 0. The van der Waals surface area contributed by atoms with Gasteiger partial charge in [-0.05, 0) is 66.9 Å². The van der Waals surface area contributed by atoms with E-state index in [1.165, 1.54) is 5.56 Å². The van der Waals surface area contributed by atoms with Crippen LogP contribution in [-0.2, 0) is 13.2 Å². The predicted octanol–water partition coefficient (Wildman–Crippen LogP) is 5.63. The molecule has 8 nitrogen and oxygen atoms in total. The first-order valence-electron chi connectivity index (χ1n) is 10.7. The van der Waals surface area contributed by atoms with Crippen molar-refractivity contribution in [1.82, 2.24) is 4.98 Å². The van der Waals surface area contributed by atoms with Gasteiger partial charge in [-0.15, -0.1) is 0 Å². The lowest BCUT2D eigenvalue weighted by Gasteiger charge is -2.09. The van der Waals surface area contributed by atoms with Gasteiger partial charge < -0.3 is 28.4 Å². The summed E-state index contributed by atoms with van der Waals surface area (Å²) in [5, 5.41) is 12.6. The number of methoxy groups -OCH3 is 2. The number of furan rings is 1. The normalized spacial score (nSPS) is 10.6. The number of hydrogen-bond acceptors (Lipinski definition) is 8. The molecule has 0 aliphatic rings. The van der Waals surface area contributed by atoms with Crippen molar-refractivity contribution in [1.29, 1.82) is 5.26 Å². The second-order valence-corrected chi connectivity index (χ2v) is 7.65. The van der Waals surface area contributed by atoms with Crippen molar-refractivity contribution in [2.45, 2.75) is 27.0 Å². The van der Waals surface area contributed by atoms with Gasteiger partial charge in [-0.2, -0.15) is 10.2 Å². The highest BCUT2D eigenvalue weighted by molar-refractivity contribution is 5.55. The summed E-state index contributed by atoms with van der Waals surface area (Å²) in [5.74, 6) is 3.53. The van der Waals surface area contributed by atoms with E-state index in [2.05, 4.69) is 17.2 Å². The topological polar surface area (TPSA) is 103 Å². The Morgan fingerprint density at radius 3 is 2.50 bits per heavy atom. The van der Waals surface area contributed by atoms with E-state index >= 15 is 0 Å². The van der Waals surface area contributed by atoms with Crippen molar-refractivity contribution in [3.8, 4) is 35.0 Å². The number of aromatic nitrogens is 1. The Hall–Kier alpha value is -4.38. The molecule has 8 heteroatoms. The fraction of sp³-hybridized carbons (Fsp3) is 0.231. The van der Waals surface area contributed by atoms with E-state index in [1.807, 2.05) is 49.4 Å². The zero-order valence-corrected chi connectivity index (χ0v) is 19.5. The lowest BCUT2D eigenvalue weighted by molar-refractivity contribution is 0.271. The Bertz CT molecular complexity index is 1330. The number of aryl methyl sites for hydroxylation is 2. The Morgan fingerprint density at radius 2 is 1.76 bits per heavy atom. The molecule has 0 bridgehead atoms. The fourth-order valence-corrected chi connectivity index (χ4v) is 3.32. The van der Waals surface area contributed by atoms with Crippen molar-refractivity contribution in [2.75, 3.05) is 19.5 Å². The van der Waals surface area contributed by atoms with Crippen LogP contribution in [0.1, 0.15) is 28.1 Å². The number of oxazole rings is 1. The van der Waals surface area contributed by atoms with Crippen LogP contribution in [0.2, 0.25) is 0 Å². The summed E-state index contributed by atoms with van der Waals surface area (Å²) < 4.78 is 28.0. The molecule has 1 N–H and O–H groups in total. The molecule has 0 saturated carbocycles. The van der Waals surface area contributed by atoms with Crippen molar-refractivity contribution < 1.29 is 23.0 Å². The molecule has 174 valence electrons. The van der Waals surface area contributed by atoms with Crippen LogP contribution in [-0.4, -0.2) is 19.2 Å². The van der Waals surface area contributed by atoms with Gasteiger partial charge in [0.25, 0.3) is 5.89 Å². The van der Waals surface area contributed by atoms with Gasteiger partial charge in [0.05, 0.1) is 14.2 Å². The van der Waals surface area contributed by atoms with E-state index in [4.69, 9.17) is 23.0 Å². The summed E-state index contributed by atoms with van der Waals surface area (Å²) in [6.45, 7) is 4.76. The highest BCUT2D eigenvalue weighted by Crippen LogP contribution is 2.30. The van der Waals surface area contributed by atoms with Crippen molar-refractivity contribution in [2.24, 2.45) is 0 Å². The highest BCUT2D eigenvalue weighted by atomic mass is 16.5. The summed E-state index contributed by atoms with van der Waals surface area (Å²) in [5.41, 5.74) is 3.43. The number of ether oxygens (including phenoxy) is 3. The second kappa shape index (κ2) is 10.0. The third-order valence-corrected chi connectivity index (χ3v) is 5.37. The van der Waals surface area contributed by atoms with E-state index in [-0.39, 0.29) is 24.1 Å². The van der Waals surface area contributed by atoms with Gasteiger partial charge in [-0.3, -0.25) is 0 Å². The zero-order chi connectivity index (χ0) is 24.1. The minimum Gasteiger partial charge on any atom is -0.493 e. The first kappa shape index (κ1) is 22.8. The highest BCUT2D eigenvalue weighted by Gasteiger charge is 2.18. The quantitative estimate of drug-likeness (QED) is 0.343. The molecule has 4 aromatic rings. The van der Waals surface area contributed by atoms with Crippen LogP contribution in [0.15, 0.2) is 57.4 Å². The minimum absolute atomic E-state index is 0.139. The number of nitrogens with zero attached hydrogens (tertiary/aromatic N) is 2. The van der Waals surface area contributed by atoms with Crippen molar-refractivity contribution >= 4 is 5.88 Å². The molecule has 0 radical (unpaired) electrons. The van der Waals surface area contributed by atoms with E-state index in [1.54, 1.807) is 26.4 Å². The van der Waals surface area contributed by atoms with Crippen LogP contribution >= 0.6 is 0 Å². The number of nitrogens with one attached hydrogen (secondary N) is 1. The average Bonchev–Trinajstić information content (AvgIpc) is 3.50. The number of hydrogen-bond donors (Lipinski definition) is 1. The summed E-state index contributed by atoms with van der Waals surface area (Å²) in [7, 11) is 3.16. The molecule has 34 heavy (non-hydrogen) atoms. The van der Waals surface area contributed by atoms with E-state index < -0.39 is 0 Å². The van der Waals surface area contributed by atoms with Crippen LogP contribution in [0.5, 0.6) is 17.2 Å². The maximum absolute atomic E-state index is 9.48. The number of anilines is 1. The summed E-state index contributed by atoms with van der Waals surface area (Å²) in [6.07, 6.45) is 0. The van der Waals surface area contributed by atoms with E-state index in [0.717, 1.165) is 16.9 Å². The van der Waals surface area contributed by atoms with Crippen LogP contribution in [0.25, 0.3) is 11.7 Å². The molecule has 0 spiro atoms. The Morgan fingerprint density at radius 1 is 0.941 bits per heavy atom. The summed E-state index contributed by atoms with van der Waals surface area (Å²) in [4.78, 5) is 4.26. The first-order chi connectivity index (χ1) is 16.5. The molecule has 0 aliphatic heterocycles.